The first-order valence-corrected chi connectivity index (χ1v) is 10.8. The molecule has 4 rings (SSSR count). The molecule has 0 radical (unpaired) electrons. The Morgan fingerprint density at radius 2 is 1.81 bits per heavy atom. The highest BCUT2D eigenvalue weighted by atomic mass is 16.5. The Balaban J connectivity index is 1.82. The van der Waals surface area contributed by atoms with E-state index in [-0.39, 0.29) is 5.69 Å². The fourth-order valence-electron chi connectivity index (χ4n) is 4.02. The molecule has 0 saturated carbocycles. The minimum atomic E-state index is -0.00271. The van der Waals surface area contributed by atoms with Crippen molar-refractivity contribution in [2.45, 2.75) is 45.8 Å². The zero-order valence-electron chi connectivity index (χ0n) is 18.6. The molecule has 31 heavy (non-hydrogen) atoms. The van der Waals surface area contributed by atoms with Crippen LogP contribution < -0.4 is 20.5 Å². The van der Waals surface area contributed by atoms with E-state index in [9.17, 15) is 4.79 Å². The Bertz CT molecular complexity index is 1150. The first-order chi connectivity index (χ1) is 15.0. The second kappa shape index (κ2) is 8.88. The lowest BCUT2D eigenvalue weighted by molar-refractivity contribution is 0.393. The number of methoxy groups -OCH3 is 2. The molecule has 2 aromatic carbocycles. The number of amidine groups is 1. The number of hydrogen-bond acceptors (Lipinski definition) is 5. The SMILES string of the molecule is CCCCn1c(=O)n(Cc2cc(OC)cc(OC)c2)c2cc(C3=NCC(C)N3)ccc21. The average molecular weight is 423 g/mol. The molecule has 0 bridgehead atoms. The summed E-state index contributed by atoms with van der Waals surface area (Å²) in [6, 6.07) is 12.2. The van der Waals surface area contributed by atoms with Crippen molar-refractivity contribution in [1.29, 1.82) is 0 Å². The second-order valence-corrected chi connectivity index (χ2v) is 8.03. The van der Waals surface area contributed by atoms with Gasteiger partial charge in [0.25, 0.3) is 0 Å². The van der Waals surface area contributed by atoms with Crippen LogP contribution in [0.2, 0.25) is 0 Å². The molecule has 1 unspecified atom stereocenters. The van der Waals surface area contributed by atoms with Crippen LogP contribution in [0, 0.1) is 0 Å². The van der Waals surface area contributed by atoms with E-state index in [4.69, 9.17) is 9.47 Å². The van der Waals surface area contributed by atoms with Gasteiger partial charge in [-0.1, -0.05) is 13.3 Å². The molecule has 7 nitrogen and oxygen atoms in total. The zero-order chi connectivity index (χ0) is 22.0. The number of benzene rings is 2. The van der Waals surface area contributed by atoms with Crippen molar-refractivity contribution in [3.05, 3.63) is 58.0 Å². The monoisotopic (exact) mass is 422 g/mol. The average Bonchev–Trinajstić information content (AvgIpc) is 3.33. The lowest BCUT2D eigenvalue weighted by Gasteiger charge is -2.10. The Hall–Kier alpha value is -3.22. The fraction of sp³-hybridized carbons (Fsp3) is 0.417. The molecular weight excluding hydrogens is 392 g/mol. The van der Waals surface area contributed by atoms with Crippen LogP contribution in [0.1, 0.15) is 37.8 Å². The highest BCUT2D eigenvalue weighted by molar-refractivity contribution is 6.02. The molecule has 0 aliphatic carbocycles. The summed E-state index contributed by atoms with van der Waals surface area (Å²) in [7, 11) is 3.26. The van der Waals surface area contributed by atoms with Crippen LogP contribution in [0.4, 0.5) is 0 Å². The van der Waals surface area contributed by atoms with Gasteiger partial charge in [0.05, 0.1) is 38.3 Å². The number of fused-ring (bicyclic) bond motifs is 1. The van der Waals surface area contributed by atoms with E-state index in [1.807, 2.05) is 39.5 Å². The molecule has 0 saturated heterocycles. The van der Waals surface area contributed by atoms with Crippen LogP contribution in [-0.2, 0) is 13.1 Å². The summed E-state index contributed by atoms with van der Waals surface area (Å²) in [5.74, 6) is 2.30. The van der Waals surface area contributed by atoms with Crippen molar-refractivity contribution < 1.29 is 9.47 Å². The van der Waals surface area contributed by atoms with Crippen LogP contribution >= 0.6 is 0 Å². The molecule has 164 valence electrons. The topological polar surface area (TPSA) is 69.8 Å². The normalized spacial score (nSPS) is 15.7. The maximum absolute atomic E-state index is 13.4. The number of nitrogens with one attached hydrogen (secondary N) is 1. The van der Waals surface area contributed by atoms with E-state index in [1.54, 1.807) is 14.2 Å². The van der Waals surface area contributed by atoms with E-state index in [1.165, 1.54) is 0 Å². The molecule has 0 fully saturated rings. The van der Waals surface area contributed by atoms with E-state index in [2.05, 4.69) is 30.2 Å². The largest absolute Gasteiger partial charge is 0.497 e. The molecule has 1 aliphatic rings. The molecule has 1 aromatic heterocycles. The third-order valence-corrected chi connectivity index (χ3v) is 5.69. The summed E-state index contributed by atoms with van der Waals surface area (Å²) in [6.07, 6.45) is 1.99. The number of rotatable bonds is 8. The minimum absolute atomic E-state index is 0.00271. The molecule has 1 atom stereocenters. The molecule has 2 heterocycles. The smallest absolute Gasteiger partial charge is 0.329 e. The van der Waals surface area contributed by atoms with Crippen LogP contribution in [-0.4, -0.2) is 41.8 Å². The van der Waals surface area contributed by atoms with Gasteiger partial charge in [0.1, 0.15) is 17.3 Å². The molecule has 0 spiro atoms. The van der Waals surface area contributed by atoms with Crippen molar-refractivity contribution >= 4 is 16.9 Å². The van der Waals surface area contributed by atoms with Crippen molar-refractivity contribution in [2.75, 3.05) is 20.8 Å². The van der Waals surface area contributed by atoms with Crippen molar-refractivity contribution in [2.24, 2.45) is 4.99 Å². The lowest BCUT2D eigenvalue weighted by atomic mass is 10.1. The van der Waals surface area contributed by atoms with E-state index < -0.39 is 0 Å². The number of hydrogen-bond donors (Lipinski definition) is 1. The number of aryl methyl sites for hydroxylation is 1. The Labute approximate surface area is 182 Å². The maximum atomic E-state index is 13.4. The van der Waals surface area contributed by atoms with Gasteiger partial charge in [-0.25, -0.2) is 4.79 Å². The number of aliphatic imine (C=N–C) groups is 1. The third kappa shape index (κ3) is 4.17. The molecular formula is C24H30N4O3. The Morgan fingerprint density at radius 3 is 2.42 bits per heavy atom. The summed E-state index contributed by atoms with van der Waals surface area (Å²) in [5, 5.41) is 3.41. The first kappa shape index (κ1) is 21.0. The maximum Gasteiger partial charge on any atom is 0.329 e. The summed E-state index contributed by atoms with van der Waals surface area (Å²) in [5.41, 5.74) is 3.80. The minimum Gasteiger partial charge on any atom is -0.497 e. The van der Waals surface area contributed by atoms with Crippen LogP contribution in [0.15, 0.2) is 46.2 Å². The van der Waals surface area contributed by atoms with Crippen molar-refractivity contribution in [1.82, 2.24) is 14.5 Å². The van der Waals surface area contributed by atoms with Gasteiger partial charge in [-0.2, -0.15) is 0 Å². The third-order valence-electron chi connectivity index (χ3n) is 5.69. The molecule has 1 N–H and O–H groups in total. The molecule has 3 aromatic rings. The van der Waals surface area contributed by atoms with Gasteiger partial charge in [0, 0.05) is 24.2 Å². The van der Waals surface area contributed by atoms with Gasteiger partial charge >= 0.3 is 5.69 Å². The highest BCUT2D eigenvalue weighted by Crippen LogP contribution is 2.25. The number of ether oxygens (including phenoxy) is 2. The van der Waals surface area contributed by atoms with Crippen LogP contribution in [0.3, 0.4) is 0 Å². The van der Waals surface area contributed by atoms with Gasteiger partial charge in [0.2, 0.25) is 0 Å². The lowest BCUT2D eigenvalue weighted by Crippen LogP contribution is -2.27. The number of aromatic nitrogens is 2. The van der Waals surface area contributed by atoms with Gasteiger partial charge in [-0.15, -0.1) is 0 Å². The van der Waals surface area contributed by atoms with Gasteiger partial charge in [-0.05, 0) is 49.2 Å². The zero-order valence-corrected chi connectivity index (χ0v) is 18.6. The number of imidazole rings is 1. The molecule has 7 heteroatoms. The van der Waals surface area contributed by atoms with Crippen LogP contribution in [0.25, 0.3) is 11.0 Å². The van der Waals surface area contributed by atoms with Crippen molar-refractivity contribution in [3.63, 3.8) is 0 Å². The second-order valence-electron chi connectivity index (χ2n) is 8.03. The van der Waals surface area contributed by atoms with Gasteiger partial charge in [-0.3, -0.25) is 14.1 Å². The van der Waals surface area contributed by atoms with Gasteiger partial charge in [0.15, 0.2) is 0 Å². The quantitative estimate of drug-likeness (QED) is 0.604. The van der Waals surface area contributed by atoms with Crippen molar-refractivity contribution in [3.8, 4) is 11.5 Å². The van der Waals surface area contributed by atoms with E-state index in [0.717, 1.165) is 47.4 Å². The fourth-order valence-corrected chi connectivity index (χ4v) is 4.02. The summed E-state index contributed by atoms with van der Waals surface area (Å²) >= 11 is 0. The summed E-state index contributed by atoms with van der Waals surface area (Å²) in [6.45, 7) is 6.15. The van der Waals surface area contributed by atoms with Gasteiger partial charge < -0.3 is 14.8 Å². The summed E-state index contributed by atoms with van der Waals surface area (Å²) in [4.78, 5) is 18.0. The first-order valence-electron chi connectivity index (χ1n) is 10.8. The predicted octanol–water partition coefficient (Wildman–Crippen LogP) is 3.41. The van der Waals surface area contributed by atoms with E-state index >= 15 is 0 Å². The standard InChI is InChI=1S/C24H30N4O3/c1-5-6-9-27-21-8-7-18(23-25-14-16(2)26-23)12-22(21)28(24(27)29)15-17-10-19(30-3)13-20(11-17)31-4/h7-8,10-13,16H,5-6,9,14-15H2,1-4H3,(H,25,26). The number of nitrogens with zero attached hydrogens (tertiary/aromatic N) is 3. The molecule has 0 amide bonds. The Kier molecular flexibility index (Phi) is 6.02. The summed E-state index contributed by atoms with van der Waals surface area (Å²) < 4.78 is 14.5. The van der Waals surface area contributed by atoms with E-state index in [0.29, 0.717) is 30.6 Å². The Morgan fingerprint density at radius 1 is 1.06 bits per heavy atom. The van der Waals surface area contributed by atoms with Crippen LogP contribution in [0.5, 0.6) is 11.5 Å². The predicted molar refractivity (Wildman–Crippen MR) is 124 cm³/mol. The number of unbranched alkanes of at least 4 members (excludes halogenated alkanes) is 1. The molecule has 1 aliphatic heterocycles. The highest BCUT2D eigenvalue weighted by Gasteiger charge is 2.18.